The smallest absolute Gasteiger partial charge is 0.330 e. The van der Waals surface area contributed by atoms with Gasteiger partial charge >= 0.3 is 5.97 Å². The summed E-state index contributed by atoms with van der Waals surface area (Å²) in [6.45, 7) is 5.50. The first kappa shape index (κ1) is 12.3. The fraction of sp³-hybridized carbons (Fsp3) is 0.769. The summed E-state index contributed by atoms with van der Waals surface area (Å²) in [5, 5.41) is 0. The van der Waals surface area contributed by atoms with Gasteiger partial charge in [-0.25, -0.2) is 4.79 Å². The summed E-state index contributed by atoms with van der Waals surface area (Å²) in [5.41, 5.74) is -0.254. The lowest BCUT2D eigenvalue weighted by molar-refractivity contribution is -0.153. The summed E-state index contributed by atoms with van der Waals surface area (Å²) in [7, 11) is 0. The highest BCUT2D eigenvalue weighted by atomic mass is 16.6. The number of carbonyl (C=O) groups is 1. The SMILES string of the molecule is C=CC(=O)OC1(C)CCCCCCCC1. The third kappa shape index (κ3) is 4.50. The molecule has 0 radical (unpaired) electrons. The fourth-order valence-electron chi connectivity index (χ4n) is 2.22. The van der Waals surface area contributed by atoms with Crippen molar-refractivity contribution in [1.82, 2.24) is 0 Å². The van der Waals surface area contributed by atoms with Gasteiger partial charge in [-0.1, -0.05) is 32.3 Å². The van der Waals surface area contributed by atoms with Crippen molar-refractivity contribution >= 4 is 5.97 Å². The van der Waals surface area contributed by atoms with E-state index in [-0.39, 0.29) is 11.6 Å². The second kappa shape index (κ2) is 5.94. The van der Waals surface area contributed by atoms with Crippen LogP contribution in [0.15, 0.2) is 12.7 Å². The van der Waals surface area contributed by atoms with Crippen LogP contribution in [0, 0.1) is 0 Å². The van der Waals surface area contributed by atoms with Gasteiger partial charge in [0.05, 0.1) is 0 Å². The second-order valence-corrected chi connectivity index (χ2v) is 4.70. The molecule has 0 aromatic carbocycles. The van der Waals surface area contributed by atoms with Crippen molar-refractivity contribution in [2.24, 2.45) is 0 Å². The van der Waals surface area contributed by atoms with Gasteiger partial charge in [0.2, 0.25) is 0 Å². The Bertz CT molecular complexity index is 211. The van der Waals surface area contributed by atoms with E-state index < -0.39 is 0 Å². The molecule has 1 rings (SSSR count). The molecule has 0 aromatic rings. The third-order valence-electron chi connectivity index (χ3n) is 3.17. The molecule has 0 aliphatic heterocycles. The molecule has 1 saturated carbocycles. The highest BCUT2D eigenvalue weighted by Gasteiger charge is 2.27. The lowest BCUT2D eigenvalue weighted by Crippen LogP contribution is -2.31. The summed E-state index contributed by atoms with van der Waals surface area (Å²) in [6.07, 6.45) is 10.8. The summed E-state index contributed by atoms with van der Waals surface area (Å²) >= 11 is 0. The van der Waals surface area contributed by atoms with Gasteiger partial charge in [-0.05, 0) is 32.6 Å². The minimum Gasteiger partial charge on any atom is -0.456 e. The van der Waals surface area contributed by atoms with Crippen LogP contribution in [0.1, 0.15) is 58.3 Å². The quantitative estimate of drug-likeness (QED) is 0.514. The van der Waals surface area contributed by atoms with Gasteiger partial charge in [0.1, 0.15) is 5.60 Å². The van der Waals surface area contributed by atoms with Crippen LogP contribution in [0.3, 0.4) is 0 Å². The maximum atomic E-state index is 11.2. The Balaban J connectivity index is 2.52. The van der Waals surface area contributed by atoms with Gasteiger partial charge in [-0.15, -0.1) is 0 Å². The lowest BCUT2D eigenvalue weighted by Gasteiger charge is -2.28. The van der Waals surface area contributed by atoms with Crippen molar-refractivity contribution in [2.75, 3.05) is 0 Å². The first-order valence-corrected chi connectivity index (χ1v) is 6.02. The first-order valence-electron chi connectivity index (χ1n) is 6.02. The molecule has 0 atom stereocenters. The van der Waals surface area contributed by atoms with Crippen molar-refractivity contribution in [3.8, 4) is 0 Å². The molecule has 0 unspecified atom stereocenters. The highest BCUT2D eigenvalue weighted by molar-refractivity contribution is 5.81. The molecule has 0 amide bonds. The molecule has 0 spiro atoms. The van der Waals surface area contributed by atoms with Gasteiger partial charge in [0.15, 0.2) is 0 Å². The number of esters is 1. The van der Waals surface area contributed by atoms with Crippen LogP contribution in [0.5, 0.6) is 0 Å². The molecule has 0 bridgehead atoms. The van der Waals surface area contributed by atoms with Crippen molar-refractivity contribution in [1.29, 1.82) is 0 Å². The molecule has 1 fully saturated rings. The Kier molecular flexibility index (Phi) is 4.86. The molecule has 1 aliphatic carbocycles. The Morgan fingerprint density at radius 1 is 1.13 bits per heavy atom. The van der Waals surface area contributed by atoms with Crippen molar-refractivity contribution in [3.05, 3.63) is 12.7 Å². The van der Waals surface area contributed by atoms with Crippen molar-refractivity contribution in [2.45, 2.75) is 63.9 Å². The predicted octanol–water partition coefficient (Wildman–Crippen LogP) is 3.61. The Labute approximate surface area is 92.7 Å². The number of rotatable bonds is 2. The van der Waals surface area contributed by atoms with Crippen LogP contribution in [0.4, 0.5) is 0 Å². The minimum atomic E-state index is -0.281. The van der Waals surface area contributed by atoms with Crippen LogP contribution < -0.4 is 0 Å². The number of ether oxygens (including phenoxy) is 1. The van der Waals surface area contributed by atoms with Crippen LogP contribution in [0.2, 0.25) is 0 Å². The zero-order valence-corrected chi connectivity index (χ0v) is 9.76. The molecular weight excluding hydrogens is 188 g/mol. The predicted molar refractivity (Wildman–Crippen MR) is 61.6 cm³/mol. The molecule has 0 aromatic heterocycles. The van der Waals surface area contributed by atoms with Crippen LogP contribution >= 0.6 is 0 Å². The first-order chi connectivity index (χ1) is 7.16. The van der Waals surface area contributed by atoms with E-state index >= 15 is 0 Å². The summed E-state index contributed by atoms with van der Waals surface area (Å²) in [6, 6.07) is 0. The van der Waals surface area contributed by atoms with Gasteiger partial charge in [0.25, 0.3) is 0 Å². The third-order valence-corrected chi connectivity index (χ3v) is 3.17. The number of carbonyl (C=O) groups excluding carboxylic acids is 1. The van der Waals surface area contributed by atoms with Crippen molar-refractivity contribution < 1.29 is 9.53 Å². The van der Waals surface area contributed by atoms with Gasteiger partial charge in [0, 0.05) is 6.08 Å². The molecular formula is C13H22O2. The average Bonchev–Trinajstić information content (AvgIpc) is 2.30. The molecule has 0 heterocycles. The van der Waals surface area contributed by atoms with Crippen LogP contribution in [-0.2, 0) is 9.53 Å². The second-order valence-electron chi connectivity index (χ2n) is 4.70. The molecule has 86 valence electrons. The van der Waals surface area contributed by atoms with Gasteiger partial charge in [-0.3, -0.25) is 0 Å². The van der Waals surface area contributed by atoms with Crippen LogP contribution in [-0.4, -0.2) is 11.6 Å². The summed E-state index contributed by atoms with van der Waals surface area (Å²) in [4.78, 5) is 11.2. The molecule has 0 saturated heterocycles. The van der Waals surface area contributed by atoms with Crippen LogP contribution in [0.25, 0.3) is 0 Å². The van der Waals surface area contributed by atoms with E-state index in [1.54, 1.807) is 0 Å². The fourth-order valence-corrected chi connectivity index (χ4v) is 2.22. The topological polar surface area (TPSA) is 26.3 Å². The van der Waals surface area contributed by atoms with E-state index in [0.717, 1.165) is 12.8 Å². The molecule has 1 aliphatic rings. The zero-order valence-electron chi connectivity index (χ0n) is 9.76. The molecule has 15 heavy (non-hydrogen) atoms. The molecule has 2 heteroatoms. The standard InChI is InChI=1S/C13H22O2/c1-3-12(14)15-13(2)10-8-6-4-5-7-9-11-13/h3H,1,4-11H2,2H3. The maximum absolute atomic E-state index is 11.2. The van der Waals surface area contributed by atoms with E-state index in [0.29, 0.717) is 0 Å². The molecule has 2 nitrogen and oxygen atoms in total. The average molecular weight is 210 g/mol. The normalized spacial score (nSPS) is 21.9. The van der Waals surface area contributed by atoms with E-state index in [2.05, 4.69) is 13.5 Å². The van der Waals surface area contributed by atoms with E-state index in [9.17, 15) is 4.79 Å². The monoisotopic (exact) mass is 210 g/mol. The minimum absolute atomic E-state index is 0.254. The van der Waals surface area contributed by atoms with Crippen molar-refractivity contribution in [3.63, 3.8) is 0 Å². The number of hydrogen-bond acceptors (Lipinski definition) is 2. The molecule has 0 N–H and O–H groups in total. The lowest BCUT2D eigenvalue weighted by atomic mass is 9.93. The Morgan fingerprint density at radius 3 is 2.07 bits per heavy atom. The van der Waals surface area contributed by atoms with E-state index in [4.69, 9.17) is 4.74 Å². The summed E-state index contributed by atoms with van der Waals surface area (Å²) in [5.74, 6) is -0.281. The largest absolute Gasteiger partial charge is 0.456 e. The van der Waals surface area contributed by atoms with E-state index in [1.165, 1.54) is 44.6 Å². The Hall–Kier alpha value is -0.790. The Morgan fingerprint density at radius 2 is 1.60 bits per heavy atom. The number of hydrogen-bond donors (Lipinski definition) is 0. The maximum Gasteiger partial charge on any atom is 0.330 e. The van der Waals surface area contributed by atoms with E-state index in [1.807, 2.05) is 0 Å². The van der Waals surface area contributed by atoms with Gasteiger partial charge in [-0.2, -0.15) is 0 Å². The summed E-state index contributed by atoms with van der Waals surface area (Å²) < 4.78 is 5.46. The highest BCUT2D eigenvalue weighted by Crippen LogP contribution is 2.28. The zero-order chi connectivity index (χ0) is 11.1. The van der Waals surface area contributed by atoms with Gasteiger partial charge < -0.3 is 4.74 Å².